The van der Waals surface area contributed by atoms with Crippen LogP contribution in [0.15, 0.2) is 24.3 Å². The zero-order chi connectivity index (χ0) is 16.1. The molecule has 2 N–H and O–H groups in total. The largest absolute Gasteiger partial charge is 0.481 e. The Morgan fingerprint density at radius 2 is 1.95 bits per heavy atom. The molecule has 118 valence electrons. The van der Waals surface area contributed by atoms with Crippen LogP contribution in [0.3, 0.4) is 0 Å². The molecule has 1 aliphatic heterocycles. The lowest BCUT2D eigenvalue weighted by molar-refractivity contribution is -0.143. The highest BCUT2D eigenvalue weighted by atomic mass is 16.4. The van der Waals surface area contributed by atoms with Gasteiger partial charge >= 0.3 is 5.97 Å². The van der Waals surface area contributed by atoms with Gasteiger partial charge in [-0.15, -0.1) is 0 Å². The van der Waals surface area contributed by atoms with Crippen molar-refractivity contribution in [2.24, 2.45) is 5.92 Å². The summed E-state index contributed by atoms with van der Waals surface area (Å²) in [7, 11) is 0. The summed E-state index contributed by atoms with van der Waals surface area (Å²) in [5, 5.41) is 11.8. The Morgan fingerprint density at radius 3 is 2.55 bits per heavy atom. The topological polar surface area (TPSA) is 86.7 Å². The molecule has 0 unspecified atom stereocenters. The number of benzene rings is 1. The number of hydrogen-bond donors (Lipinski definition) is 2. The monoisotopic (exact) mass is 304 g/mol. The van der Waals surface area contributed by atoms with Crippen LogP contribution in [0.1, 0.15) is 36.5 Å². The molecule has 1 aromatic carbocycles. The first-order valence-corrected chi connectivity index (χ1v) is 7.43. The van der Waals surface area contributed by atoms with Gasteiger partial charge in [-0.25, -0.2) is 0 Å². The number of hydrogen-bond acceptors (Lipinski definition) is 3. The summed E-state index contributed by atoms with van der Waals surface area (Å²) in [5.74, 6) is -1.59. The third kappa shape index (κ3) is 3.84. The molecule has 2 amide bonds. The molecule has 6 heteroatoms. The van der Waals surface area contributed by atoms with Crippen LogP contribution in [0, 0.1) is 5.92 Å². The summed E-state index contributed by atoms with van der Waals surface area (Å²) in [4.78, 5) is 36.4. The molecule has 0 radical (unpaired) electrons. The summed E-state index contributed by atoms with van der Waals surface area (Å²) < 4.78 is 0. The van der Waals surface area contributed by atoms with Crippen LogP contribution in [0.2, 0.25) is 0 Å². The molecule has 2 rings (SSSR count). The number of aliphatic carboxylic acids is 1. The number of carbonyl (C=O) groups is 3. The summed E-state index contributed by atoms with van der Waals surface area (Å²) in [5.41, 5.74) is 1.14. The van der Waals surface area contributed by atoms with Crippen LogP contribution >= 0.6 is 0 Å². The van der Waals surface area contributed by atoms with E-state index in [9.17, 15) is 14.4 Å². The van der Waals surface area contributed by atoms with Crippen molar-refractivity contribution in [3.05, 3.63) is 29.8 Å². The van der Waals surface area contributed by atoms with Gasteiger partial charge < -0.3 is 15.3 Å². The van der Waals surface area contributed by atoms with E-state index in [1.165, 1.54) is 0 Å². The third-order valence-corrected chi connectivity index (χ3v) is 3.79. The zero-order valence-electron chi connectivity index (χ0n) is 12.5. The Balaban J connectivity index is 2.03. The molecule has 0 aliphatic carbocycles. The minimum absolute atomic E-state index is 0.0839. The molecule has 1 fully saturated rings. The fourth-order valence-electron chi connectivity index (χ4n) is 2.49. The molecule has 0 bridgehead atoms. The van der Waals surface area contributed by atoms with Gasteiger partial charge in [-0.1, -0.05) is 6.92 Å². The van der Waals surface area contributed by atoms with Crippen molar-refractivity contribution in [3.63, 3.8) is 0 Å². The molecule has 6 nitrogen and oxygen atoms in total. The van der Waals surface area contributed by atoms with Crippen LogP contribution < -0.4 is 5.32 Å². The Morgan fingerprint density at radius 1 is 1.27 bits per heavy atom. The lowest BCUT2D eigenvalue weighted by Crippen LogP contribution is -2.42. The number of nitrogens with zero attached hydrogens (tertiary/aromatic N) is 1. The number of anilines is 1. The van der Waals surface area contributed by atoms with E-state index >= 15 is 0 Å². The maximum Gasteiger partial charge on any atom is 0.308 e. The minimum atomic E-state index is -0.852. The van der Waals surface area contributed by atoms with Crippen molar-refractivity contribution in [3.8, 4) is 0 Å². The second kappa shape index (κ2) is 7.06. The number of piperidine rings is 1. The van der Waals surface area contributed by atoms with Crippen LogP contribution in [0.25, 0.3) is 0 Å². The molecule has 0 spiro atoms. The van der Waals surface area contributed by atoms with Crippen LogP contribution in [-0.4, -0.2) is 40.9 Å². The molecule has 0 aromatic heterocycles. The van der Waals surface area contributed by atoms with E-state index < -0.39 is 11.9 Å². The van der Waals surface area contributed by atoms with E-state index in [-0.39, 0.29) is 18.4 Å². The Bertz CT molecular complexity index is 568. The number of carbonyl (C=O) groups excluding carboxylic acids is 2. The second-order valence-electron chi connectivity index (χ2n) is 5.41. The van der Waals surface area contributed by atoms with E-state index in [0.29, 0.717) is 37.1 Å². The first-order chi connectivity index (χ1) is 10.5. The van der Waals surface area contributed by atoms with Gasteiger partial charge in [-0.05, 0) is 37.1 Å². The predicted molar refractivity (Wildman–Crippen MR) is 81.6 cm³/mol. The summed E-state index contributed by atoms with van der Waals surface area (Å²) >= 11 is 0. The van der Waals surface area contributed by atoms with Gasteiger partial charge in [0, 0.05) is 30.8 Å². The lowest BCUT2D eigenvalue weighted by atomic mass is 9.97. The molecule has 1 heterocycles. The van der Waals surface area contributed by atoms with E-state index in [4.69, 9.17) is 5.11 Å². The van der Waals surface area contributed by atoms with E-state index in [0.717, 1.165) is 0 Å². The van der Waals surface area contributed by atoms with Gasteiger partial charge in [0.15, 0.2) is 0 Å². The second-order valence-corrected chi connectivity index (χ2v) is 5.41. The highest BCUT2D eigenvalue weighted by molar-refractivity contribution is 5.96. The first-order valence-electron chi connectivity index (χ1n) is 7.43. The van der Waals surface area contributed by atoms with Gasteiger partial charge in [0.2, 0.25) is 5.91 Å². The minimum Gasteiger partial charge on any atom is -0.481 e. The van der Waals surface area contributed by atoms with Crippen molar-refractivity contribution in [1.82, 2.24) is 4.90 Å². The van der Waals surface area contributed by atoms with Crippen LogP contribution in [0.4, 0.5) is 5.69 Å². The predicted octanol–water partition coefficient (Wildman–Crippen LogP) is 1.97. The van der Waals surface area contributed by atoms with Crippen LogP contribution in [0.5, 0.6) is 0 Å². The van der Waals surface area contributed by atoms with Crippen molar-refractivity contribution in [1.29, 1.82) is 0 Å². The van der Waals surface area contributed by atoms with Crippen LogP contribution in [-0.2, 0) is 9.59 Å². The van der Waals surface area contributed by atoms with Gasteiger partial charge in [-0.3, -0.25) is 14.4 Å². The molecule has 1 aliphatic rings. The van der Waals surface area contributed by atoms with E-state index in [1.54, 1.807) is 36.1 Å². The Labute approximate surface area is 129 Å². The molecular formula is C16H20N2O4. The standard InChI is InChI=1S/C16H20N2O4/c1-2-14(19)17-13-7-5-11(6-8-13)15(20)18-9-3-4-12(10-18)16(21)22/h5-8,12H,2-4,9-10H2,1H3,(H,17,19)(H,21,22)/t12-/m0/s1. The summed E-state index contributed by atoms with van der Waals surface area (Å²) in [6, 6.07) is 6.66. The smallest absolute Gasteiger partial charge is 0.308 e. The maximum absolute atomic E-state index is 12.4. The molecule has 1 saturated heterocycles. The number of carboxylic acid groups (broad SMARTS) is 1. The Hall–Kier alpha value is -2.37. The zero-order valence-corrected chi connectivity index (χ0v) is 12.5. The average molecular weight is 304 g/mol. The van der Waals surface area contributed by atoms with Gasteiger partial charge in [0.25, 0.3) is 5.91 Å². The molecule has 0 saturated carbocycles. The fraction of sp³-hybridized carbons (Fsp3) is 0.438. The Kier molecular flexibility index (Phi) is 5.14. The van der Waals surface area contributed by atoms with Crippen molar-refractivity contribution in [2.45, 2.75) is 26.2 Å². The molecule has 1 aromatic rings. The number of likely N-dealkylation sites (tertiary alicyclic amines) is 1. The van der Waals surface area contributed by atoms with Crippen molar-refractivity contribution < 1.29 is 19.5 Å². The third-order valence-electron chi connectivity index (χ3n) is 3.79. The maximum atomic E-state index is 12.4. The average Bonchev–Trinajstić information content (AvgIpc) is 2.55. The fourth-order valence-corrected chi connectivity index (χ4v) is 2.49. The van der Waals surface area contributed by atoms with Gasteiger partial charge in [-0.2, -0.15) is 0 Å². The lowest BCUT2D eigenvalue weighted by Gasteiger charge is -2.30. The normalized spacial score (nSPS) is 17.9. The first kappa shape index (κ1) is 16.0. The van der Waals surface area contributed by atoms with E-state index in [2.05, 4.69) is 5.32 Å². The van der Waals surface area contributed by atoms with Crippen molar-refractivity contribution >= 4 is 23.5 Å². The highest BCUT2D eigenvalue weighted by Gasteiger charge is 2.28. The number of amides is 2. The van der Waals surface area contributed by atoms with Crippen molar-refractivity contribution in [2.75, 3.05) is 18.4 Å². The molecular weight excluding hydrogens is 284 g/mol. The number of carboxylic acids is 1. The highest BCUT2D eigenvalue weighted by Crippen LogP contribution is 2.19. The van der Waals surface area contributed by atoms with Gasteiger partial charge in [0.05, 0.1) is 5.92 Å². The number of nitrogens with one attached hydrogen (secondary N) is 1. The molecule has 1 atom stereocenters. The SMILES string of the molecule is CCC(=O)Nc1ccc(C(=O)N2CCC[C@H](C(=O)O)C2)cc1. The van der Waals surface area contributed by atoms with E-state index in [1.807, 2.05) is 0 Å². The quantitative estimate of drug-likeness (QED) is 0.890. The summed E-state index contributed by atoms with van der Waals surface area (Å²) in [6.07, 6.45) is 1.71. The number of rotatable bonds is 4. The molecule has 22 heavy (non-hydrogen) atoms. The summed E-state index contributed by atoms with van der Waals surface area (Å²) in [6.45, 7) is 2.60. The van der Waals surface area contributed by atoms with Gasteiger partial charge in [0.1, 0.15) is 0 Å².